The van der Waals surface area contributed by atoms with Gasteiger partial charge in [-0.1, -0.05) is 11.6 Å². The molecule has 8 heteroatoms. The zero-order valence-electron chi connectivity index (χ0n) is 10.4. The molecule has 0 amide bonds. The van der Waals surface area contributed by atoms with Gasteiger partial charge in [-0.15, -0.1) is 0 Å². The number of rotatable bonds is 4. The van der Waals surface area contributed by atoms with Gasteiger partial charge < -0.3 is 5.32 Å². The maximum Gasteiger partial charge on any atom is 0.281 e. The third-order valence-electron chi connectivity index (χ3n) is 2.47. The molecule has 0 saturated heterocycles. The summed E-state index contributed by atoms with van der Waals surface area (Å²) in [6.07, 6.45) is 1.34. The van der Waals surface area contributed by atoms with Crippen molar-refractivity contribution in [2.75, 3.05) is 17.1 Å². The molecule has 0 saturated carbocycles. The van der Waals surface area contributed by atoms with Crippen LogP contribution in [0.2, 0.25) is 5.02 Å². The van der Waals surface area contributed by atoms with Crippen molar-refractivity contribution in [3.05, 3.63) is 47.4 Å². The van der Waals surface area contributed by atoms with Gasteiger partial charge in [0.25, 0.3) is 10.0 Å². The van der Waals surface area contributed by atoms with Crippen molar-refractivity contribution in [1.82, 2.24) is 4.98 Å². The van der Waals surface area contributed by atoms with E-state index in [1.54, 1.807) is 19.2 Å². The Labute approximate surface area is 120 Å². The fourth-order valence-corrected chi connectivity index (χ4v) is 2.94. The first-order chi connectivity index (χ1) is 9.44. The second-order valence-electron chi connectivity index (χ2n) is 3.84. The summed E-state index contributed by atoms with van der Waals surface area (Å²) in [5.41, 5.74) is 0.0765. The monoisotopic (exact) mass is 315 g/mol. The third kappa shape index (κ3) is 3.00. The Balaban J connectivity index is 2.43. The Morgan fingerprint density at radius 3 is 2.70 bits per heavy atom. The summed E-state index contributed by atoms with van der Waals surface area (Å²) in [5.74, 6) is -0.722. The van der Waals surface area contributed by atoms with Crippen LogP contribution in [0.1, 0.15) is 0 Å². The van der Waals surface area contributed by atoms with Crippen LogP contribution in [-0.4, -0.2) is 20.4 Å². The summed E-state index contributed by atoms with van der Waals surface area (Å²) < 4.78 is 40.1. The lowest BCUT2D eigenvalue weighted by Crippen LogP contribution is -2.17. The van der Waals surface area contributed by atoms with Gasteiger partial charge in [-0.25, -0.2) is 9.37 Å². The molecule has 1 aromatic heterocycles. The first-order valence-electron chi connectivity index (χ1n) is 5.54. The third-order valence-corrected chi connectivity index (χ3v) is 4.03. The summed E-state index contributed by atoms with van der Waals surface area (Å²) in [5, 5.41) is 2.71. The molecule has 0 spiro atoms. The number of aromatic nitrogens is 1. The van der Waals surface area contributed by atoms with E-state index in [9.17, 15) is 12.8 Å². The molecule has 2 aromatic rings. The molecule has 1 heterocycles. The highest BCUT2D eigenvalue weighted by atomic mass is 35.5. The second kappa shape index (κ2) is 5.64. The smallest absolute Gasteiger partial charge is 0.281 e. The van der Waals surface area contributed by atoms with E-state index in [-0.39, 0.29) is 15.7 Å². The molecular formula is C12H11ClFN3O2S. The summed E-state index contributed by atoms with van der Waals surface area (Å²) in [6.45, 7) is 0. The van der Waals surface area contributed by atoms with Crippen molar-refractivity contribution < 1.29 is 12.8 Å². The Kier molecular flexibility index (Phi) is 4.10. The van der Waals surface area contributed by atoms with Gasteiger partial charge in [-0.2, -0.15) is 8.42 Å². The number of hydrogen-bond acceptors (Lipinski definition) is 4. The van der Waals surface area contributed by atoms with E-state index in [4.69, 9.17) is 11.6 Å². The maximum absolute atomic E-state index is 13.6. The lowest BCUT2D eigenvalue weighted by atomic mass is 10.3. The van der Waals surface area contributed by atoms with E-state index in [0.717, 1.165) is 6.07 Å². The van der Waals surface area contributed by atoms with Crippen LogP contribution in [0.15, 0.2) is 41.6 Å². The molecule has 2 N–H and O–H groups in total. The molecule has 0 aliphatic rings. The average Bonchev–Trinajstić information content (AvgIpc) is 2.42. The number of sulfonamides is 1. The Bertz CT molecular complexity index is 737. The molecule has 106 valence electrons. The summed E-state index contributed by atoms with van der Waals surface area (Å²) >= 11 is 5.72. The minimum Gasteiger partial charge on any atom is -0.386 e. The molecule has 0 atom stereocenters. The molecule has 0 radical (unpaired) electrons. The molecule has 1 aromatic carbocycles. The highest BCUT2D eigenvalue weighted by Gasteiger charge is 2.21. The lowest BCUT2D eigenvalue weighted by Gasteiger charge is -2.11. The zero-order chi connectivity index (χ0) is 14.8. The summed E-state index contributed by atoms with van der Waals surface area (Å²) in [6, 6.07) is 6.74. The van der Waals surface area contributed by atoms with Gasteiger partial charge in [0.05, 0.1) is 11.4 Å². The van der Waals surface area contributed by atoms with Crippen LogP contribution in [0.3, 0.4) is 0 Å². The first kappa shape index (κ1) is 14.5. The number of hydrogen-bond donors (Lipinski definition) is 2. The zero-order valence-corrected chi connectivity index (χ0v) is 12.0. The normalized spacial score (nSPS) is 11.2. The number of benzene rings is 1. The number of halogens is 2. The van der Waals surface area contributed by atoms with Crippen LogP contribution in [0.25, 0.3) is 0 Å². The van der Waals surface area contributed by atoms with Gasteiger partial charge in [0, 0.05) is 18.3 Å². The van der Waals surface area contributed by atoms with Gasteiger partial charge in [0.2, 0.25) is 0 Å². The van der Waals surface area contributed by atoms with E-state index < -0.39 is 15.8 Å². The van der Waals surface area contributed by atoms with Crippen molar-refractivity contribution in [2.45, 2.75) is 5.03 Å². The standard InChI is InChI=1S/C12H11ClFN3O2S/c1-15-10-3-2-6-16-12(10)20(18,19)17-11-7-8(13)4-5-9(11)14/h2-7,15,17H,1H3. The number of nitrogens with one attached hydrogen (secondary N) is 2. The van der Waals surface area contributed by atoms with Crippen LogP contribution in [0.5, 0.6) is 0 Å². The largest absolute Gasteiger partial charge is 0.386 e. The fraction of sp³-hybridized carbons (Fsp3) is 0.0833. The van der Waals surface area contributed by atoms with E-state index >= 15 is 0 Å². The average molecular weight is 316 g/mol. The predicted molar refractivity (Wildman–Crippen MR) is 76.0 cm³/mol. The maximum atomic E-state index is 13.6. The van der Waals surface area contributed by atoms with Crippen molar-refractivity contribution in [3.8, 4) is 0 Å². The second-order valence-corrected chi connectivity index (χ2v) is 5.87. The topological polar surface area (TPSA) is 71.1 Å². The molecule has 0 bridgehead atoms. The molecule has 0 unspecified atom stereocenters. The van der Waals surface area contributed by atoms with Crippen LogP contribution in [0.4, 0.5) is 15.8 Å². The Hall–Kier alpha value is -1.86. The highest BCUT2D eigenvalue weighted by Crippen LogP contribution is 2.24. The fourth-order valence-electron chi connectivity index (χ4n) is 1.56. The van der Waals surface area contributed by atoms with Gasteiger partial charge in [-0.3, -0.25) is 4.72 Å². The van der Waals surface area contributed by atoms with Crippen molar-refractivity contribution in [1.29, 1.82) is 0 Å². The Morgan fingerprint density at radius 2 is 2.00 bits per heavy atom. The molecule has 5 nitrogen and oxygen atoms in total. The molecule has 2 rings (SSSR count). The predicted octanol–water partition coefficient (Wildman–Crippen LogP) is 2.72. The van der Waals surface area contributed by atoms with Crippen molar-refractivity contribution in [2.24, 2.45) is 0 Å². The van der Waals surface area contributed by atoms with Gasteiger partial charge in [0.1, 0.15) is 5.82 Å². The molecule has 0 aliphatic carbocycles. The number of nitrogens with zero attached hydrogens (tertiary/aromatic N) is 1. The molecule has 0 fully saturated rings. The number of anilines is 2. The summed E-state index contributed by atoms with van der Waals surface area (Å²) in [4.78, 5) is 3.80. The first-order valence-corrected chi connectivity index (χ1v) is 7.41. The quantitative estimate of drug-likeness (QED) is 0.910. The van der Waals surface area contributed by atoms with E-state index in [2.05, 4.69) is 15.0 Å². The van der Waals surface area contributed by atoms with E-state index in [1.807, 2.05) is 0 Å². The van der Waals surface area contributed by atoms with Gasteiger partial charge in [-0.05, 0) is 30.3 Å². The van der Waals surface area contributed by atoms with Crippen LogP contribution in [0, 0.1) is 5.82 Å². The molecular weight excluding hydrogens is 305 g/mol. The van der Waals surface area contributed by atoms with Crippen LogP contribution >= 0.6 is 11.6 Å². The van der Waals surface area contributed by atoms with Gasteiger partial charge >= 0.3 is 0 Å². The van der Waals surface area contributed by atoms with Crippen molar-refractivity contribution in [3.63, 3.8) is 0 Å². The summed E-state index contributed by atoms with van der Waals surface area (Å²) in [7, 11) is -2.45. The minimum absolute atomic E-state index is 0.220. The molecule has 0 aliphatic heterocycles. The minimum atomic E-state index is -4.02. The van der Waals surface area contributed by atoms with Crippen LogP contribution < -0.4 is 10.0 Å². The van der Waals surface area contributed by atoms with Crippen LogP contribution in [-0.2, 0) is 10.0 Å². The van der Waals surface area contributed by atoms with E-state index in [1.165, 1.54) is 18.3 Å². The van der Waals surface area contributed by atoms with E-state index in [0.29, 0.717) is 5.69 Å². The lowest BCUT2D eigenvalue weighted by molar-refractivity contribution is 0.595. The SMILES string of the molecule is CNc1cccnc1S(=O)(=O)Nc1cc(Cl)ccc1F. The van der Waals surface area contributed by atoms with Crippen molar-refractivity contribution >= 4 is 33.0 Å². The molecule has 20 heavy (non-hydrogen) atoms. The number of pyridine rings is 1. The highest BCUT2D eigenvalue weighted by molar-refractivity contribution is 7.92. The Morgan fingerprint density at radius 1 is 1.25 bits per heavy atom. The van der Waals surface area contributed by atoms with Gasteiger partial charge in [0.15, 0.2) is 5.03 Å².